The van der Waals surface area contributed by atoms with Crippen LogP contribution in [0.4, 0.5) is 11.6 Å². The molecule has 1 aromatic heterocycles. The van der Waals surface area contributed by atoms with Gasteiger partial charge in [0.05, 0.1) is 12.7 Å². The van der Waals surface area contributed by atoms with E-state index in [1.807, 2.05) is 0 Å². The molecule has 1 aromatic rings. The highest BCUT2D eigenvalue weighted by molar-refractivity contribution is 5.57. The molecule has 2 N–H and O–H groups in total. The maximum Gasteiger partial charge on any atom is 0.134 e. The lowest BCUT2D eigenvalue weighted by Gasteiger charge is -2.18. The Morgan fingerprint density at radius 2 is 1.81 bits per heavy atom. The number of aromatic nitrogens is 2. The minimum Gasteiger partial charge on any atom is -0.382 e. The molecule has 0 saturated carbocycles. The highest BCUT2D eigenvalue weighted by Gasteiger charge is 2.12. The molecule has 0 spiro atoms. The number of ether oxygens (including phenoxy) is 2. The minimum atomic E-state index is 0.00601. The van der Waals surface area contributed by atoms with E-state index in [0.717, 1.165) is 43.0 Å². The number of hydrogen-bond acceptors (Lipinski definition) is 6. The lowest BCUT2D eigenvalue weighted by Crippen LogP contribution is -2.27. The zero-order valence-corrected chi connectivity index (χ0v) is 13.6. The highest BCUT2D eigenvalue weighted by Crippen LogP contribution is 2.21. The van der Waals surface area contributed by atoms with Crippen LogP contribution in [-0.2, 0) is 15.9 Å². The van der Waals surface area contributed by atoms with Crippen LogP contribution in [0.15, 0.2) is 6.33 Å². The van der Waals surface area contributed by atoms with Gasteiger partial charge in [-0.3, -0.25) is 0 Å². The lowest BCUT2D eigenvalue weighted by atomic mass is 10.1. The van der Waals surface area contributed by atoms with Gasteiger partial charge < -0.3 is 20.1 Å². The summed E-state index contributed by atoms with van der Waals surface area (Å²) in [6, 6.07) is 0. The van der Waals surface area contributed by atoms with Gasteiger partial charge in [-0.05, 0) is 12.8 Å². The summed E-state index contributed by atoms with van der Waals surface area (Å²) in [7, 11) is 3.36. The summed E-state index contributed by atoms with van der Waals surface area (Å²) >= 11 is 0. The second kappa shape index (κ2) is 10.3. The second-order valence-electron chi connectivity index (χ2n) is 4.92. The van der Waals surface area contributed by atoms with E-state index in [0.29, 0.717) is 13.2 Å². The maximum atomic E-state index is 5.36. The largest absolute Gasteiger partial charge is 0.382 e. The van der Waals surface area contributed by atoms with E-state index in [1.165, 1.54) is 0 Å². The summed E-state index contributed by atoms with van der Waals surface area (Å²) in [5.74, 6) is 1.81. The van der Waals surface area contributed by atoms with Crippen LogP contribution >= 0.6 is 0 Å². The molecule has 0 aliphatic heterocycles. The number of hydrogen-bond donors (Lipinski definition) is 2. The molecule has 0 amide bonds. The normalized spacial score (nSPS) is 12.2. The molecule has 120 valence electrons. The average molecular weight is 296 g/mol. The fraction of sp³-hybridized carbons (Fsp3) is 0.733. The molecule has 0 radical (unpaired) electrons. The molecule has 1 heterocycles. The predicted molar refractivity (Wildman–Crippen MR) is 86.0 cm³/mol. The van der Waals surface area contributed by atoms with E-state index in [9.17, 15) is 0 Å². The van der Waals surface area contributed by atoms with Crippen LogP contribution in [0.2, 0.25) is 0 Å². The van der Waals surface area contributed by atoms with Gasteiger partial charge in [-0.2, -0.15) is 0 Å². The number of rotatable bonds is 11. The SMILES string of the molecule is CCCNc1ncnc(NCC(COC)OC)c1CCC. The highest BCUT2D eigenvalue weighted by atomic mass is 16.5. The number of nitrogens with zero attached hydrogens (tertiary/aromatic N) is 2. The van der Waals surface area contributed by atoms with Crippen LogP contribution < -0.4 is 10.6 Å². The standard InChI is InChI=1S/C15H28N4O2/c1-5-7-13-14(16-8-6-2)18-11-19-15(13)17-9-12(21-4)10-20-3/h11-12H,5-10H2,1-4H3,(H2,16,17,18,19). The van der Waals surface area contributed by atoms with Crippen LogP contribution in [0, 0.1) is 0 Å². The maximum absolute atomic E-state index is 5.36. The predicted octanol–water partition coefficient (Wildman–Crippen LogP) is 2.32. The fourth-order valence-electron chi connectivity index (χ4n) is 2.05. The fourth-order valence-corrected chi connectivity index (χ4v) is 2.05. The van der Waals surface area contributed by atoms with Gasteiger partial charge in [0.1, 0.15) is 18.0 Å². The third-order valence-electron chi connectivity index (χ3n) is 3.17. The van der Waals surface area contributed by atoms with E-state index in [4.69, 9.17) is 9.47 Å². The molecule has 6 heteroatoms. The van der Waals surface area contributed by atoms with Crippen LogP contribution in [0.3, 0.4) is 0 Å². The van der Waals surface area contributed by atoms with Crippen LogP contribution in [-0.4, -0.2) is 50.0 Å². The van der Waals surface area contributed by atoms with Gasteiger partial charge in [-0.15, -0.1) is 0 Å². The summed E-state index contributed by atoms with van der Waals surface area (Å²) in [5, 5.41) is 6.72. The van der Waals surface area contributed by atoms with Crippen molar-refractivity contribution < 1.29 is 9.47 Å². The van der Waals surface area contributed by atoms with E-state index < -0.39 is 0 Å². The molecule has 21 heavy (non-hydrogen) atoms. The average Bonchev–Trinajstić information content (AvgIpc) is 2.51. The Kier molecular flexibility index (Phi) is 8.69. The van der Waals surface area contributed by atoms with E-state index in [-0.39, 0.29) is 6.10 Å². The summed E-state index contributed by atoms with van der Waals surface area (Å²) in [6.45, 7) is 6.42. The van der Waals surface area contributed by atoms with Crippen LogP contribution in [0.1, 0.15) is 32.3 Å². The Bertz CT molecular complexity index is 401. The molecule has 0 aliphatic carbocycles. The van der Waals surface area contributed by atoms with Gasteiger partial charge in [-0.1, -0.05) is 20.3 Å². The lowest BCUT2D eigenvalue weighted by molar-refractivity contribution is 0.0365. The van der Waals surface area contributed by atoms with Gasteiger partial charge >= 0.3 is 0 Å². The third-order valence-corrected chi connectivity index (χ3v) is 3.17. The van der Waals surface area contributed by atoms with Crippen molar-refractivity contribution in [2.24, 2.45) is 0 Å². The molecule has 1 rings (SSSR count). The summed E-state index contributed by atoms with van der Waals surface area (Å²) in [5.41, 5.74) is 1.14. The Morgan fingerprint density at radius 3 is 2.38 bits per heavy atom. The zero-order valence-electron chi connectivity index (χ0n) is 13.6. The third kappa shape index (κ3) is 5.85. The number of nitrogens with one attached hydrogen (secondary N) is 2. The van der Waals surface area contributed by atoms with E-state index in [2.05, 4.69) is 34.4 Å². The van der Waals surface area contributed by atoms with Crippen LogP contribution in [0.5, 0.6) is 0 Å². The molecule has 0 bridgehead atoms. The monoisotopic (exact) mass is 296 g/mol. The van der Waals surface area contributed by atoms with Crippen LogP contribution in [0.25, 0.3) is 0 Å². The van der Waals surface area contributed by atoms with Crippen molar-refractivity contribution in [3.05, 3.63) is 11.9 Å². The second-order valence-corrected chi connectivity index (χ2v) is 4.92. The van der Waals surface area contributed by atoms with Gasteiger partial charge in [0.25, 0.3) is 0 Å². The van der Waals surface area contributed by atoms with Crippen molar-refractivity contribution in [1.82, 2.24) is 9.97 Å². The zero-order chi connectivity index (χ0) is 15.5. The van der Waals surface area contributed by atoms with Gasteiger partial charge in [0, 0.05) is 32.9 Å². The molecule has 0 saturated heterocycles. The van der Waals surface area contributed by atoms with E-state index in [1.54, 1.807) is 20.5 Å². The van der Waals surface area contributed by atoms with Gasteiger partial charge in [-0.25, -0.2) is 9.97 Å². The number of methoxy groups -OCH3 is 2. The Morgan fingerprint density at radius 1 is 1.10 bits per heavy atom. The summed E-state index contributed by atoms with van der Waals surface area (Å²) in [4.78, 5) is 8.73. The van der Waals surface area contributed by atoms with Crippen molar-refractivity contribution in [2.45, 2.75) is 39.2 Å². The molecule has 6 nitrogen and oxygen atoms in total. The molecular formula is C15H28N4O2. The minimum absolute atomic E-state index is 0.00601. The Balaban J connectivity index is 2.79. The Labute approximate surface area is 127 Å². The smallest absolute Gasteiger partial charge is 0.134 e. The molecule has 0 fully saturated rings. The van der Waals surface area contributed by atoms with Crippen molar-refractivity contribution >= 4 is 11.6 Å². The quantitative estimate of drug-likeness (QED) is 0.653. The van der Waals surface area contributed by atoms with Crippen molar-refractivity contribution in [3.63, 3.8) is 0 Å². The first-order valence-corrected chi connectivity index (χ1v) is 7.60. The van der Waals surface area contributed by atoms with Gasteiger partial charge in [0.15, 0.2) is 0 Å². The first kappa shape index (κ1) is 17.7. The van der Waals surface area contributed by atoms with Crippen molar-refractivity contribution in [3.8, 4) is 0 Å². The Hall–Kier alpha value is -1.40. The molecule has 1 atom stereocenters. The van der Waals surface area contributed by atoms with Crippen molar-refractivity contribution in [1.29, 1.82) is 0 Å². The molecule has 1 unspecified atom stereocenters. The van der Waals surface area contributed by atoms with E-state index >= 15 is 0 Å². The molecule has 0 aromatic carbocycles. The topological polar surface area (TPSA) is 68.3 Å². The summed E-state index contributed by atoms with van der Waals surface area (Å²) < 4.78 is 10.5. The number of anilines is 2. The summed E-state index contributed by atoms with van der Waals surface area (Å²) in [6.07, 6.45) is 4.66. The first-order chi connectivity index (χ1) is 10.3. The van der Waals surface area contributed by atoms with Crippen molar-refractivity contribution in [2.75, 3.05) is 44.5 Å². The van der Waals surface area contributed by atoms with Gasteiger partial charge in [0.2, 0.25) is 0 Å². The molecule has 0 aliphatic rings. The molecular weight excluding hydrogens is 268 g/mol. The first-order valence-electron chi connectivity index (χ1n) is 7.60.